The van der Waals surface area contributed by atoms with Crippen LogP contribution in [0.2, 0.25) is 0 Å². The fraction of sp³-hybridized carbons (Fsp3) is 0.875. The molecule has 7 nitrogen and oxygen atoms in total. The molecule has 0 rings (SSSR count). The van der Waals surface area contributed by atoms with Crippen molar-refractivity contribution >= 4 is 23.3 Å². The number of ether oxygens (including phenoxy) is 2. The molecule has 27 heteroatoms. The maximum atomic E-state index is 13.4. The quantitative estimate of drug-likeness (QED) is 0.111. The summed E-state index contributed by atoms with van der Waals surface area (Å²) in [6.45, 7) is -4.34. The van der Waals surface area contributed by atoms with Crippen molar-refractivity contribution in [3.8, 4) is 0 Å². The SMILES string of the molecule is O=C(CC(OS(=O)[O-])C(=O)OCCC(F)(F)C(F)(F)C(F)(F)C(F)(F)F)OCCC(F)(F)C(F)(F)C(F)(F)C(F)(F)F.[H-].[Na+]. The Morgan fingerprint density at radius 1 is 0.628 bits per heavy atom. The molecule has 2 atom stereocenters. The summed E-state index contributed by atoms with van der Waals surface area (Å²) in [4.78, 5) is 23.2. The van der Waals surface area contributed by atoms with Gasteiger partial charge in [-0.2, -0.15) is 79.0 Å². The van der Waals surface area contributed by atoms with Crippen LogP contribution in [0.25, 0.3) is 0 Å². The summed E-state index contributed by atoms with van der Waals surface area (Å²) in [7, 11) is 0. The maximum absolute atomic E-state index is 13.4. The van der Waals surface area contributed by atoms with Crippen LogP contribution in [0.15, 0.2) is 0 Å². The molecule has 0 saturated carbocycles. The van der Waals surface area contributed by atoms with Crippen molar-refractivity contribution in [1.82, 2.24) is 0 Å². The van der Waals surface area contributed by atoms with Gasteiger partial charge >= 0.3 is 89.4 Å². The first-order chi connectivity index (χ1) is 18.3. The van der Waals surface area contributed by atoms with E-state index in [1.165, 1.54) is 0 Å². The predicted molar refractivity (Wildman–Crippen MR) is 92.5 cm³/mol. The molecule has 0 heterocycles. The van der Waals surface area contributed by atoms with E-state index in [0.29, 0.717) is 0 Å². The van der Waals surface area contributed by atoms with Gasteiger partial charge in [0.25, 0.3) is 0 Å². The van der Waals surface area contributed by atoms with E-state index in [1.54, 1.807) is 0 Å². The van der Waals surface area contributed by atoms with Crippen LogP contribution in [-0.4, -0.2) is 87.9 Å². The number of rotatable bonds is 15. The second-order valence-corrected chi connectivity index (χ2v) is 8.18. The van der Waals surface area contributed by atoms with Gasteiger partial charge in [0.2, 0.25) is 0 Å². The summed E-state index contributed by atoms with van der Waals surface area (Å²) in [6.07, 6.45) is -24.8. The molecule has 0 aromatic heterocycles. The van der Waals surface area contributed by atoms with Crippen LogP contribution >= 0.6 is 0 Å². The van der Waals surface area contributed by atoms with Gasteiger partial charge in [-0.1, -0.05) is 0 Å². The van der Waals surface area contributed by atoms with E-state index in [0.717, 1.165) is 0 Å². The summed E-state index contributed by atoms with van der Waals surface area (Å²) in [5.41, 5.74) is 0. The van der Waals surface area contributed by atoms with Crippen molar-refractivity contribution in [2.45, 2.75) is 73.3 Å². The fourth-order valence-electron chi connectivity index (χ4n) is 2.26. The summed E-state index contributed by atoms with van der Waals surface area (Å²) >= 11 is -3.90. The van der Waals surface area contributed by atoms with E-state index in [1.807, 2.05) is 0 Å². The first kappa shape index (κ1) is 43.9. The predicted octanol–water partition coefficient (Wildman–Crippen LogP) is 2.48. The average Bonchev–Trinajstić information content (AvgIpc) is 2.75. The Hall–Kier alpha value is -1.25. The molecule has 0 fully saturated rings. The van der Waals surface area contributed by atoms with Gasteiger partial charge in [-0.3, -0.25) is 8.98 Å². The zero-order chi connectivity index (χ0) is 34.0. The second-order valence-electron chi connectivity index (χ2n) is 7.58. The van der Waals surface area contributed by atoms with Crippen LogP contribution in [0.1, 0.15) is 20.7 Å². The van der Waals surface area contributed by atoms with Gasteiger partial charge in [0.15, 0.2) is 6.10 Å². The van der Waals surface area contributed by atoms with Crippen LogP contribution in [0.4, 0.5) is 79.0 Å². The molecular formula is C16H12F18NaO7S-. The summed E-state index contributed by atoms with van der Waals surface area (Å²) < 4.78 is 262. The van der Waals surface area contributed by atoms with Gasteiger partial charge in [0, 0.05) is 0 Å². The molecule has 0 N–H and O–H groups in total. The second kappa shape index (κ2) is 14.5. The molecule has 0 aliphatic heterocycles. The number of hydrogen-bond donors (Lipinski definition) is 0. The minimum Gasteiger partial charge on any atom is -1.00 e. The molecule has 0 aliphatic carbocycles. The third kappa shape index (κ3) is 9.87. The zero-order valence-electron chi connectivity index (χ0n) is 21.2. The normalized spacial score (nSPS) is 15.8. The number of hydrogen-bond acceptors (Lipinski definition) is 7. The van der Waals surface area contributed by atoms with Crippen molar-refractivity contribution in [3.05, 3.63) is 0 Å². The minimum absolute atomic E-state index is 0. The molecule has 0 spiro atoms. The Morgan fingerprint density at radius 3 is 1.26 bits per heavy atom. The number of esters is 2. The summed E-state index contributed by atoms with van der Waals surface area (Å²) in [5, 5.41) is 0. The van der Waals surface area contributed by atoms with E-state index in [2.05, 4.69) is 13.7 Å². The van der Waals surface area contributed by atoms with Crippen LogP contribution in [0, 0.1) is 0 Å². The van der Waals surface area contributed by atoms with E-state index in [4.69, 9.17) is 0 Å². The largest absolute Gasteiger partial charge is 1.00 e. The molecule has 252 valence electrons. The zero-order valence-corrected chi connectivity index (χ0v) is 23.0. The topological polar surface area (TPSA) is 102 Å². The monoisotopic (exact) mass is 713 g/mol. The molecular weight excluding hydrogens is 701 g/mol. The molecule has 0 aromatic carbocycles. The Bertz CT molecular complexity index is 992. The van der Waals surface area contributed by atoms with Crippen LogP contribution < -0.4 is 29.6 Å². The van der Waals surface area contributed by atoms with Crippen molar-refractivity contribution in [3.63, 3.8) is 0 Å². The standard InChI is InChI=1S/C16H12F18O7S.Na.H/c17-9(18,11(21,22)13(25,26)15(29,30)31)1-3-39-7(35)5-6(41-42(37)38)8(36)40-4-2-10(19,20)12(23,24)14(27,28)16(32,33)34;;/h6H,1-5H2,(H,37,38);;/q;+1;-1/p-1. The van der Waals surface area contributed by atoms with Crippen LogP contribution in [0.3, 0.4) is 0 Å². The Kier molecular flexibility index (Phi) is 14.7. The molecule has 0 aliphatic rings. The molecule has 0 bridgehead atoms. The first-order valence-corrected chi connectivity index (χ1v) is 10.8. The molecule has 0 amide bonds. The van der Waals surface area contributed by atoms with Gasteiger partial charge in [0.05, 0.1) is 43.8 Å². The summed E-state index contributed by atoms with van der Waals surface area (Å²) in [5.74, 6) is -46.0. The number of halogens is 18. The molecule has 0 aromatic rings. The summed E-state index contributed by atoms with van der Waals surface area (Å²) in [6, 6.07) is 0. The van der Waals surface area contributed by atoms with Gasteiger partial charge in [-0.25, -0.2) is 9.00 Å². The minimum atomic E-state index is -7.33. The Morgan fingerprint density at radius 2 is 0.953 bits per heavy atom. The molecule has 43 heavy (non-hydrogen) atoms. The molecule has 2 unspecified atom stereocenters. The van der Waals surface area contributed by atoms with Crippen molar-refractivity contribution < 1.29 is 142 Å². The fourth-order valence-corrected chi connectivity index (χ4v) is 2.59. The van der Waals surface area contributed by atoms with Gasteiger partial charge in [-0.05, 0) is 0 Å². The van der Waals surface area contributed by atoms with E-state index >= 15 is 0 Å². The van der Waals surface area contributed by atoms with Crippen molar-refractivity contribution in [2.75, 3.05) is 13.2 Å². The van der Waals surface area contributed by atoms with E-state index in [9.17, 15) is 97.4 Å². The van der Waals surface area contributed by atoms with Crippen LogP contribution in [-0.2, 0) is 34.6 Å². The van der Waals surface area contributed by atoms with Crippen LogP contribution in [0.5, 0.6) is 0 Å². The van der Waals surface area contributed by atoms with Crippen molar-refractivity contribution in [2.24, 2.45) is 0 Å². The Labute approximate surface area is 251 Å². The Balaban J connectivity index is -0.00000840. The average molecular weight is 713 g/mol. The van der Waals surface area contributed by atoms with Gasteiger partial charge in [0.1, 0.15) is 0 Å². The smallest absolute Gasteiger partial charge is 1.00 e. The van der Waals surface area contributed by atoms with Gasteiger partial charge in [-0.15, -0.1) is 0 Å². The maximum Gasteiger partial charge on any atom is 1.00 e. The number of alkyl halides is 18. The molecule has 0 radical (unpaired) electrons. The first-order valence-electron chi connectivity index (χ1n) is 9.79. The third-order valence-electron chi connectivity index (χ3n) is 4.57. The number of carbonyl (C=O) groups is 2. The van der Waals surface area contributed by atoms with Crippen molar-refractivity contribution in [1.29, 1.82) is 0 Å². The van der Waals surface area contributed by atoms with E-state index < -0.39 is 110 Å². The third-order valence-corrected chi connectivity index (χ3v) is 4.96. The van der Waals surface area contributed by atoms with E-state index in [-0.39, 0.29) is 31.0 Å². The van der Waals surface area contributed by atoms with Gasteiger partial charge < -0.3 is 15.5 Å². The number of carbonyl (C=O) groups excluding carboxylic acids is 2. The molecule has 0 saturated heterocycles.